The molecule has 1 heterocycles. The molecular formula is C19H29NO4. The normalized spacial score (nSPS) is 18.7. The van der Waals surface area contributed by atoms with Gasteiger partial charge in [0.25, 0.3) is 0 Å². The van der Waals surface area contributed by atoms with Crippen molar-refractivity contribution in [2.24, 2.45) is 0 Å². The summed E-state index contributed by atoms with van der Waals surface area (Å²) in [5.74, 6) is 0.849. The van der Waals surface area contributed by atoms with Crippen molar-refractivity contribution in [1.82, 2.24) is 4.90 Å². The summed E-state index contributed by atoms with van der Waals surface area (Å²) in [4.78, 5) is 2.24. The van der Waals surface area contributed by atoms with Crippen LogP contribution in [0.2, 0.25) is 0 Å². The maximum Gasteiger partial charge on any atom is 0.118 e. The van der Waals surface area contributed by atoms with Crippen LogP contribution >= 0.6 is 0 Å². The molecule has 0 aliphatic carbocycles. The molecule has 1 aliphatic heterocycles. The van der Waals surface area contributed by atoms with Crippen LogP contribution in [0.15, 0.2) is 36.9 Å². The second-order valence-corrected chi connectivity index (χ2v) is 6.16. The zero-order valence-electron chi connectivity index (χ0n) is 14.5. The minimum absolute atomic E-state index is 0.254. The molecule has 5 heteroatoms. The number of hydrogen-bond donors (Lipinski definition) is 1. The maximum absolute atomic E-state index is 10.2. The van der Waals surface area contributed by atoms with Gasteiger partial charge in [-0.1, -0.05) is 18.2 Å². The van der Waals surface area contributed by atoms with Crippen LogP contribution in [0.1, 0.15) is 18.4 Å². The van der Waals surface area contributed by atoms with Gasteiger partial charge in [-0.05, 0) is 30.5 Å². The molecule has 5 nitrogen and oxygen atoms in total. The molecule has 0 saturated carbocycles. The number of benzene rings is 1. The lowest BCUT2D eigenvalue weighted by atomic mass is 10.1. The predicted octanol–water partition coefficient (Wildman–Crippen LogP) is 2.24. The third kappa shape index (κ3) is 6.61. The molecule has 1 fully saturated rings. The van der Waals surface area contributed by atoms with Crippen LogP contribution in [0.4, 0.5) is 0 Å². The first-order valence-electron chi connectivity index (χ1n) is 8.55. The fraction of sp³-hybridized carbons (Fsp3) is 0.579. The monoisotopic (exact) mass is 335 g/mol. The fourth-order valence-corrected chi connectivity index (χ4v) is 2.91. The van der Waals surface area contributed by atoms with Crippen LogP contribution in [-0.4, -0.2) is 62.2 Å². The Bertz CT molecular complexity index is 471. The van der Waals surface area contributed by atoms with Gasteiger partial charge in [-0.3, -0.25) is 4.90 Å². The van der Waals surface area contributed by atoms with Crippen LogP contribution in [0.25, 0.3) is 0 Å². The van der Waals surface area contributed by atoms with Gasteiger partial charge in [-0.25, -0.2) is 0 Å². The summed E-state index contributed by atoms with van der Waals surface area (Å²) in [7, 11) is 1.67. The Morgan fingerprint density at radius 3 is 2.83 bits per heavy atom. The number of aliphatic hydroxyl groups is 1. The van der Waals surface area contributed by atoms with Crippen molar-refractivity contribution < 1.29 is 19.3 Å². The molecule has 0 amide bonds. The van der Waals surface area contributed by atoms with Gasteiger partial charge in [-0.15, -0.1) is 6.58 Å². The lowest BCUT2D eigenvalue weighted by Crippen LogP contribution is -2.39. The molecule has 0 spiro atoms. The minimum atomic E-state index is -0.524. The summed E-state index contributed by atoms with van der Waals surface area (Å²) in [6.07, 6.45) is 3.62. The Labute approximate surface area is 144 Å². The Hall–Kier alpha value is -1.40. The van der Waals surface area contributed by atoms with E-state index in [1.165, 1.54) is 5.56 Å². The summed E-state index contributed by atoms with van der Waals surface area (Å²) in [5.41, 5.74) is 1.19. The minimum Gasteiger partial charge on any atom is -0.497 e. The smallest absolute Gasteiger partial charge is 0.118 e. The van der Waals surface area contributed by atoms with Crippen molar-refractivity contribution in [3.63, 3.8) is 0 Å². The van der Waals surface area contributed by atoms with E-state index in [1.807, 2.05) is 12.1 Å². The van der Waals surface area contributed by atoms with Crippen molar-refractivity contribution in [1.29, 1.82) is 0 Å². The number of aliphatic hydroxyl groups excluding tert-OH is 1. The van der Waals surface area contributed by atoms with Gasteiger partial charge in [0.15, 0.2) is 0 Å². The molecule has 2 unspecified atom stereocenters. The Morgan fingerprint density at radius 1 is 1.42 bits per heavy atom. The van der Waals surface area contributed by atoms with Gasteiger partial charge in [0.1, 0.15) is 5.75 Å². The second kappa shape index (κ2) is 10.5. The SMILES string of the molecule is C=CCOCC(O)CN(Cc1ccc(OC)cc1)CC1CCCO1. The van der Waals surface area contributed by atoms with Crippen LogP contribution in [0.3, 0.4) is 0 Å². The third-order valence-corrected chi connectivity index (χ3v) is 4.07. The van der Waals surface area contributed by atoms with Gasteiger partial charge in [0, 0.05) is 26.2 Å². The predicted molar refractivity (Wildman–Crippen MR) is 94.3 cm³/mol. The van der Waals surface area contributed by atoms with E-state index in [9.17, 15) is 5.11 Å². The first-order chi connectivity index (χ1) is 11.7. The van der Waals surface area contributed by atoms with Crippen LogP contribution < -0.4 is 4.74 Å². The molecule has 134 valence electrons. The van der Waals surface area contributed by atoms with Crippen molar-refractivity contribution in [2.45, 2.75) is 31.6 Å². The third-order valence-electron chi connectivity index (χ3n) is 4.07. The Morgan fingerprint density at radius 2 is 2.21 bits per heavy atom. The average Bonchev–Trinajstić information content (AvgIpc) is 3.08. The highest BCUT2D eigenvalue weighted by Gasteiger charge is 2.21. The number of ether oxygens (including phenoxy) is 3. The molecule has 0 aromatic heterocycles. The maximum atomic E-state index is 10.2. The fourth-order valence-electron chi connectivity index (χ4n) is 2.91. The van der Waals surface area contributed by atoms with E-state index in [0.29, 0.717) is 19.8 Å². The summed E-state index contributed by atoms with van der Waals surface area (Å²) < 4.78 is 16.3. The first kappa shape index (κ1) is 18.9. The van der Waals surface area contributed by atoms with E-state index < -0.39 is 6.10 Å². The quantitative estimate of drug-likeness (QED) is 0.496. The van der Waals surface area contributed by atoms with Gasteiger partial charge < -0.3 is 19.3 Å². The van der Waals surface area contributed by atoms with E-state index in [1.54, 1.807) is 13.2 Å². The van der Waals surface area contributed by atoms with E-state index in [-0.39, 0.29) is 6.10 Å². The van der Waals surface area contributed by atoms with Crippen LogP contribution in [0, 0.1) is 0 Å². The number of hydrogen-bond acceptors (Lipinski definition) is 5. The van der Waals surface area contributed by atoms with Gasteiger partial charge in [0.05, 0.1) is 32.5 Å². The van der Waals surface area contributed by atoms with Crippen molar-refractivity contribution in [3.05, 3.63) is 42.5 Å². The highest BCUT2D eigenvalue weighted by molar-refractivity contribution is 5.27. The Kier molecular flexibility index (Phi) is 8.25. The molecule has 1 N–H and O–H groups in total. The van der Waals surface area contributed by atoms with Crippen molar-refractivity contribution >= 4 is 0 Å². The van der Waals surface area contributed by atoms with Gasteiger partial charge in [-0.2, -0.15) is 0 Å². The number of methoxy groups -OCH3 is 1. The molecule has 1 aromatic rings. The molecule has 1 aromatic carbocycles. The lowest BCUT2D eigenvalue weighted by molar-refractivity contribution is 0.00856. The number of nitrogens with zero attached hydrogens (tertiary/aromatic N) is 1. The van der Waals surface area contributed by atoms with E-state index in [0.717, 1.165) is 38.3 Å². The van der Waals surface area contributed by atoms with Gasteiger partial charge in [0.2, 0.25) is 0 Å². The highest BCUT2D eigenvalue weighted by Crippen LogP contribution is 2.17. The molecule has 2 rings (SSSR count). The summed E-state index contributed by atoms with van der Waals surface area (Å²) in [6.45, 7) is 7.38. The standard InChI is InChI=1S/C19H29NO4/c1-3-10-23-15-17(21)13-20(14-19-5-4-11-24-19)12-16-6-8-18(22-2)9-7-16/h3,6-9,17,19,21H,1,4-5,10-15H2,2H3. The zero-order chi connectivity index (χ0) is 17.2. The highest BCUT2D eigenvalue weighted by atomic mass is 16.5. The summed E-state index contributed by atoms with van der Waals surface area (Å²) >= 11 is 0. The van der Waals surface area contributed by atoms with Crippen molar-refractivity contribution in [2.75, 3.05) is 40.0 Å². The average molecular weight is 335 g/mol. The first-order valence-corrected chi connectivity index (χ1v) is 8.55. The molecule has 0 radical (unpaired) electrons. The molecular weight excluding hydrogens is 306 g/mol. The van der Waals surface area contributed by atoms with E-state index in [4.69, 9.17) is 14.2 Å². The number of rotatable bonds is 11. The van der Waals surface area contributed by atoms with Gasteiger partial charge >= 0.3 is 0 Å². The summed E-state index contributed by atoms with van der Waals surface area (Å²) in [6, 6.07) is 8.04. The topological polar surface area (TPSA) is 51.2 Å². The lowest BCUT2D eigenvalue weighted by Gasteiger charge is -2.27. The van der Waals surface area contributed by atoms with E-state index in [2.05, 4.69) is 23.6 Å². The molecule has 2 atom stereocenters. The second-order valence-electron chi connectivity index (χ2n) is 6.16. The molecule has 0 bridgehead atoms. The molecule has 1 saturated heterocycles. The zero-order valence-corrected chi connectivity index (χ0v) is 14.5. The van der Waals surface area contributed by atoms with Crippen molar-refractivity contribution in [3.8, 4) is 5.75 Å². The Balaban J connectivity index is 1.91. The summed E-state index contributed by atoms with van der Waals surface area (Å²) in [5, 5.41) is 10.2. The largest absolute Gasteiger partial charge is 0.497 e. The molecule has 24 heavy (non-hydrogen) atoms. The van der Waals surface area contributed by atoms with Crippen LogP contribution in [-0.2, 0) is 16.0 Å². The van der Waals surface area contributed by atoms with E-state index >= 15 is 0 Å². The molecule has 1 aliphatic rings. The van der Waals surface area contributed by atoms with Crippen LogP contribution in [0.5, 0.6) is 5.75 Å².